The van der Waals surface area contributed by atoms with Crippen molar-refractivity contribution in [3.63, 3.8) is 0 Å². The van der Waals surface area contributed by atoms with Crippen LogP contribution in [0, 0.1) is 0 Å². The molecule has 2 heterocycles. The van der Waals surface area contributed by atoms with Crippen LogP contribution >= 0.6 is 11.6 Å². The molecule has 1 saturated heterocycles. The van der Waals surface area contributed by atoms with Crippen molar-refractivity contribution in [2.75, 3.05) is 19.8 Å². The number of rotatable bonds is 6. The topological polar surface area (TPSA) is 94.1 Å². The first-order chi connectivity index (χ1) is 14.1. The lowest BCUT2D eigenvalue weighted by Gasteiger charge is -2.33. The number of benzene rings is 1. The Bertz CT molecular complexity index is 752. The van der Waals surface area contributed by atoms with Gasteiger partial charge in [0.25, 0.3) is 0 Å². The molecular weight excluding hydrogens is 428 g/mol. The Balaban J connectivity index is 1.89. The van der Waals surface area contributed by atoms with E-state index in [9.17, 15) is 14.5 Å². The molecule has 0 radical (unpaired) electrons. The van der Waals surface area contributed by atoms with Crippen molar-refractivity contribution in [1.29, 1.82) is 0 Å². The average molecular weight is 459 g/mol. The van der Waals surface area contributed by atoms with Gasteiger partial charge in [-0.15, -0.1) is 4.72 Å². The number of carbonyl (C=O) groups is 1. The van der Waals surface area contributed by atoms with E-state index in [-0.39, 0.29) is 12.3 Å². The van der Waals surface area contributed by atoms with Crippen molar-refractivity contribution in [1.82, 2.24) is 9.62 Å². The number of hydrogen-bond donors (Lipinski definition) is 2. The molecule has 1 aromatic rings. The second-order valence-electron chi connectivity index (χ2n) is 8.74. The smallest absolute Gasteiger partial charge is 0.407 e. The van der Waals surface area contributed by atoms with Crippen LogP contribution < -0.4 is 4.72 Å². The molecule has 168 valence electrons. The maximum atomic E-state index is 12.9. The maximum Gasteiger partial charge on any atom is 0.407 e. The largest absolute Gasteiger partial charge is 0.598 e. The van der Waals surface area contributed by atoms with Crippen LogP contribution in [0.3, 0.4) is 0 Å². The first kappa shape index (κ1) is 23.6. The Morgan fingerprint density at radius 3 is 2.73 bits per heavy atom. The molecule has 1 aromatic carbocycles. The van der Waals surface area contributed by atoms with Crippen molar-refractivity contribution in [3.05, 3.63) is 33.8 Å². The minimum atomic E-state index is -1.30. The number of fused-ring (bicyclic) bond motifs is 1. The van der Waals surface area contributed by atoms with Crippen molar-refractivity contribution < 1.29 is 23.9 Å². The summed E-state index contributed by atoms with van der Waals surface area (Å²) < 4.78 is 27.1. The third kappa shape index (κ3) is 6.02. The zero-order valence-electron chi connectivity index (χ0n) is 17.8. The molecule has 30 heavy (non-hydrogen) atoms. The van der Waals surface area contributed by atoms with E-state index >= 15 is 0 Å². The van der Waals surface area contributed by atoms with Gasteiger partial charge in [0.2, 0.25) is 0 Å². The molecule has 0 saturated carbocycles. The molecule has 3 rings (SSSR count). The van der Waals surface area contributed by atoms with E-state index in [2.05, 4.69) is 4.72 Å². The summed E-state index contributed by atoms with van der Waals surface area (Å²) in [5.41, 5.74) is 2.90. The van der Waals surface area contributed by atoms with E-state index in [0.717, 1.165) is 23.1 Å². The summed E-state index contributed by atoms with van der Waals surface area (Å²) in [6.07, 6.45) is 1.55. The Labute approximate surface area is 186 Å². The van der Waals surface area contributed by atoms with Crippen LogP contribution in [-0.4, -0.2) is 51.4 Å². The molecule has 7 nitrogen and oxygen atoms in total. The zero-order chi connectivity index (χ0) is 21.9. The van der Waals surface area contributed by atoms with Crippen molar-refractivity contribution >= 4 is 29.1 Å². The number of halogens is 1. The molecule has 1 fully saturated rings. The molecule has 2 N–H and O–H groups in total. The molecular formula is C21H31ClN2O5S. The average Bonchev–Trinajstić information content (AvgIpc) is 2.70. The third-order valence-corrected chi connectivity index (χ3v) is 7.21. The van der Waals surface area contributed by atoms with E-state index in [4.69, 9.17) is 21.1 Å². The highest BCUT2D eigenvalue weighted by Crippen LogP contribution is 2.34. The van der Waals surface area contributed by atoms with Gasteiger partial charge in [-0.1, -0.05) is 11.6 Å². The van der Waals surface area contributed by atoms with E-state index in [1.807, 2.05) is 32.9 Å². The predicted octanol–water partition coefficient (Wildman–Crippen LogP) is 4.01. The quantitative estimate of drug-likeness (QED) is 0.625. The van der Waals surface area contributed by atoms with Crippen molar-refractivity contribution in [2.24, 2.45) is 0 Å². The zero-order valence-corrected chi connectivity index (χ0v) is 19.4. The van der Waals surface area contributed by atoms with Gasteiger partial charge in [0.15, 0.2) is 6.29 Å². The molecule has 9 heteroatoms. The van der Waals surface area contributed by atoms with Crippen molar-refractivity contribution in [3.8, 4) is 0 Å². The van der Waals surface area contributed by atoms with Gasteiger partial charge in [-0.3, -0.25) is 0 Å². The number of ether oxygens (including phenoxy) is 2. The molecule has 2 aliphatic rings. The number of amides is 1. The highest BCUT2D eigenvalue weighted by molar-refractivity contribution is 7.90. The summed E-state index contributed by atoms with van der Waals surface area (Å²) in [6.45, 7) is 7.85. The SMILES string of the molecule is CC(C)(C)[S@+]([O-])NC(CCC1OCCCO1)c1cc(Cl)cc2c1CN(C(=O)O)CC2. The van der Waals surface area contributed by atoms with Gasteiger partial charge in [0.05, 0.1) is 19.3 Å². The lowest BCUT2D eigenvalue weighted by molar-refractivity contribution is -0.182. The Morgan fingerprint density at radius 1 is 1.40 bits per heavy atom. The number of carboxylic acid groups (broad SMARTS) is 1. The highest BCUT2D eigenvalue weighted by atomic mass is 35.5. The molecule has 1 unspecified atom stereocenters. The second-order valence-corrected chi connectivity index (χ2v) is 11.2. The van der Waals surface area contributed by atoms with Gasteiger partial charge in [-0.25, -0.2) is 4.79 Å². The number of nitrogens with zero attached hydrogens (tertiary/aromatic N) is 1. The van der Waals surface area contributed by atoms with Gasteiger partial charge in [0, 0.05) is 35.9 Å². The van der Waals surface area contributed by atoms with Crippen LogP contribution in [0.5, 0.6) is 0 Å². The Hall–Kier alpha value is -1.03. The van der Waals surface area contributed by atoms with Gasteiger partial charge in [-0.2, -0.15) is 0 Å². The molecule has 2 aliphatic heterocycles. The van der Waals surface area contributed by atoms with E-state index in [1.165, 1.54) is 4.90 Å². The van der Waals surface area contributed by atoms with Gasteiger partial charge >= 0.3 is 6.09 Å². The fourth-order valence-corrected chi connectivity index (χ4v) is 4.83. The monoisotopic (exact) mass is 458 g/mol. The molecule has 1 amide bonds. The molecule has 2 atom stereocenters. The summed E-state index contributed by atoms with van der Waals surface area (Å²) in [5.74, 6) is 0. The van der Waals surface area contributed by atoms with Crippen molar-refractivity contribution in [2.45, 2.75) is 70.1 Å². The maximum absolute atomic E-state index is 12.9. The molecule has 0 spiro atoms. The second kappa shape index (κ2) is 10.1. The van der Waals surface area contributed by atoms with Crippen LogP contribution in [0.1, 0.15) is 62.8 Å². The molecule has 0 bridgehead atoms. The number of hydrogen-bond acceptors (Lipinski definition) is 5. The lowest BCUT2D eigenvalue weighted by Crippen LogP contribution is -2.42. The third-order valence-electron chi connectivity index (χ3n) is 5.38. The minimum absolute atomic E-state index is 0.264. The van der Waals surface area contributed by atoms with Crippen LogP contribution in [0.4, 0.5) is 4.79 Å². The van der Waals surface area contributed by atoms with Crippen LogP contribution in [-0.2, 0) is 33.8 Å². The first-order valence-electron chi connectivity index (χ1n) is 10.4. The summed E-state index contributed by atoms with van der Waals surface area (Å²) in [7, 11) is 0. The minimum Gasteiger partial charge on any atom is -0.598 e. The van der Waals surface area contributed by atoms with Gasteiger partial charge in [-0.05, 0) is 68.9 Å². The van der Waals surface area contributed by atoms with E-state index in [0.29, 0.717) is 50.6 Å². The van der Waals surface area contributed by atoms with Gasteiger partial charge < -0.3 is 24.0 Å². The van der Waals surface area contributed by atoms with Crippen LogP contribution in [0.2, 0.25) is 5.02 Å². The van der Waals surface area contributed by atoms with Crippen LogP contribution in [0.25, 0.3) is 0 Å². The Morgan fingerprint density at radius 2 is 2.10 bits per heavy atom. The molecule has 0 aromatic heterocycles. The predicted molar refractivity (Wildman–Crippen MR) is 117 cm³/mol. The highest BCUT2D eigenvalue weighted by Gasteiger charge is 2.33. The lowest BCUT2D eigenvalue weighted by atomic mass is 9.90. The standard InChI is InChI=1S/C21H31ClN2O5S/c1-21(2,3)30(27)23-18(5-6-19-28-9-4-10-29-19)16-12-15(22)11-14-7-8-24(20(25)26)13-17(14)16/h11-12,18-19,23H,4-10,13H2,1-3H3,(H,25,26)/t18?,30-/m0/s1. The van der Waals surface area contributed by atoms with Gasteiger partial charge in [0.1, 0.15) is 4.75 Å². The first-order valence-corrected chi connectivity index (χ1v) is 11.9. The summed E-state index contributed by atoms with van der Waals surface area (Å²) in [5, 5.41) is 10.1. The summed E-state index contributed by atoms with van der Waals surface area (Å²) in [4.78, 5) is 13.0. The van der Waals surface area contributed by atoms with E-state index in [1.54, 1.807) is 0 Å². The number of nitrogens with one attached hydrogen (secondary N) is 1. The van der Waals surface area contributed by atoms with Crippen LogP contribution in [0.15, 0.2) is 12.1 Å². The normalized spacial score (nSPS) is 20.0. The fraction of sp³-hybridized carbons (Fsp3) is 0.667. The molecule has 0 aliphatic carbocycles. The summed E-state index contributed by atoms with van der Waals surface area (Å²) in [6, 6.07) is 3.51. The van der Waals surface area contributed by atoms with E-state index < -0.39 is 22.2 Å². The fourth-order valence-electron chi connectivity index (χ4n) is 3.72. The summed E-state index contributed by atoms with van der Waals surface area (Å²) >= 11 is 5.11. The Kier molecular flexibility index (Phi) is 7.92.